The van der Waals surface area contributed by atoms with Gasteiger partial charge in [0, 0.05) is 6.42 Å². The van der Waals surface area contributed by atoms with E-state index >= 15 is 0 Å². The van der Waals surface area contributed by atoms with Crippen LogP contribution in [0.5, 0.6) is 0 Å². The summed E-state index contributed by atoms with van der Waals surface area (Å²) in [4.78, 5) is 12.0. The lowest BCUT2D eigenvalue weighted by Crippen LogP contribution is -2.47. The zero-order valence-corrected chi connectivity index (χ0v) is 18.8. The normalized spacial score (nSPS) is 21.8. The van der Waals surface area contributed by atoms with Crippen molar-refractivity contribution in [2.45, 2.75) is 75.8 Å². The zero-order valence-electron chi connectivity index (χ0n) is 16.9. The van der Waals surface area contributed by atoms with Crippen LogP contribution >= 0.6 is 0 Å². The zero-order chi connectivity index (χ0) is 20.5. The Kier molecular flexibility index (Phi) is 6.56. The number of cyclic esters (lactones) is 1. The topological polar surface area (TPSA) is 78.9 Å². The molecule has 152 valence electrons. The molecule has 0 radical (unpaired) electrons. The fraction of sp³-hybridized carbons (Fsp3) is 0.632. The fourth-order valence-electron chi connectivity index (χ4n) is 2.57. The molecular weight excluding hydrogens is 384 g/mol. The summed E-state index contributed by atoms with van der Waals surface area (Å²) in [5.41, 5.74) is 0.959. The van der Waals surface area contributed by atoms with Gasteiger partial charge in [0.25, 0.3) is 10.1 Å². The monoisotopic (exact) mass is 414 g/mol. The smallest absolute Gasteiger partial charge is 0.308 e. The van der Waals surface area contributed by atoms with Crippen molar-refractivity contribution >= 4 is 24.4 Å². The second-order valence-electron chi connectivity index (χ2n) is 8.60. The number of rotatable bonds is 6. The molecule has 1 aromatic carbocycles. The first-order valence-corrected chi connectivity index (χ1v) is 13.5. The number of aryl methyl sites for hydroxylation is 1. The molecule has 6 nitrogen and oxygen atoms in total. The SMILES string of the molecule is Cc1ccc(S(=O)(=O)OC[C@@H]2C[C@@H](O[Si](C)(C)C(C)(C)C)CC(=O)O2)cc1. The van der Waals surface area contributed by atoms with E-state index in [-0.39, 0.29) is 35.0 Å². The van der Waals surface area contributed by atoms with Gasteiger partial charge in [-0.05, 0) is 37.2 Å². The molecule has 1 saturated heterocycles. The third-order valence-corrected chi connectivity index (χ3v) is 11.0. The van der Waals surface area contributed by atoms with Gasteiger partial charge in [0.15, 0.2) is 8.32 Å². The first-order chi connectivity index (χ1) is 12.3. The molecule has 0 amide bonds. The van der Waals surface area contributed by atoms with E-state index < -0.39 is 24.5 Å². The van der Waals surface area contributed by atoms with E-state index in [0.29, 0.717) is 6.42 Å². The Bertz CT molecular complexity index is 764. The lowest BCUT2D eigenvalue weighted by atomic mass is 10.1. The molecule has 1 aliphatic rings. The van der Waals surface area contributed by atoms with E-state index in [1.165, 1.54) is 12.1 Å². The van der Waals surface area contributed by atoms with Gasteiger partial charge in [-0.3, -0.25) is 8.98 Å². The summed E-state index contributed by atoms with van der Waals surface area (Å²) in [7, 11) is -5.93. The molecular formula is C19H30O6SSi. The Labute approximate surface area is 163 Å². The number of hydrogen-bond acceptors (Lipinski definition) is 6. The summed E-state index contributed by atoms with van der Waals surface area (Å²) in [6.07, 6.45) is -0.292. The average molecular weight is 415 g/mol. The predicted molar refractivity (Wildman–Crippen MR) is 106 cm³/mol. The predicted octanol–water partition coefficient (Wildman–Crippen LogP) is 3.80. The molecule has 0 aromatic heterocycles. The quantitative estimate of drug-likeness (QED) is 0.400. The Morgan fingerprint density at radius 2 is 1.78 bits per heavy atom. The summed E-state index contributed by atoms with van der Waals surface area (Å²) in [5, 5.41) is 0.0229. The summed E-state index contributed by atoms with van der Waals surface area (Å²) >= 11 is 0. The van der Waals surface area contributed by atoms with Gasteiger partial charge in [0.2, 0.25) is 0 Å². The highest BCUT2D eigenvalue weighted by Gasteiger charge is 2.41. The number of ether oxygens (including phenoxy) is 1. The van der Waals surface area contributed by atoms with Crippen molar-refractivity contribution in [2.75, 3.05) is 6.61 Å². The Morgan fingerprint density at radius 1 is 1.19 bits per heavy atom. The van der Waals surface area contributed by atoms with Gasteiger partial charge in [-0.2, -0.15) is 8.42 Å². The van der Waals surface area contributed by atoms with E-state index in [0.717, 1.165) is 5.56 Å². The largest absolute Gasteiger partial charge is 0.460 e. The van der Waals surface area contributed by atoms with Crippen molar-refractivity contribution < 1.29 is 26.6 Å². The lowest BCUT2D eigenvalue weighted by Gasteiger charge is -2.41. The van der Waals surface area contributed by atoms with Crippen LogP contribution in [0.1, 0.15) is 39.2 Å². The molecule has 0 aliphatic carbocycles. The highest BCUT2D eigenvalue weighted by atomic mass is 32.2. The number of hydrogen-bond donors (Lipinski definition) is 0. The van der Waals surface area contributed by atoms with Gasteiger partial charge in [0.05, 0.1) is 17.4 Å². The Balaban J connectivity index is 2.00. The van der Waals surface area contributed by atoms with Crippen LogP contribution in [0, 0.1) is 6.92 Å². The minimum absolute atomic E-state index is 0.0229. The van der Waals surface area contributed by atoms with Crippen LogP contribution in [0.4, 0.5) is 0 Å². The summed E-state index contributed by atoms with van der Waals surface area (Å²) in [6, 6.07) is 6.42. The van der Waals surface area contributed by atoms with Crippen molar-refractivity contribution in [2.24, 2.45) is 0 Å². The van der Waals surface area contributed by atoms with Crippen molar-refractivity contribution in [3.8, 4) is 0 Å². The fourth-order valence-corrected chi connectivity index (χ4v) is 4.87. The molecule has 0 bridgehead atoms. The maximum atomic E-state index is 12.3. The second kappa shape index (κ2) is 8.03. The molecule has 0 saturated carbocycles. The average Bonchev–Trinajstić information content (AvgIpc) is 2.51. The second-order valence-corrected chi connectivity index (χ2v) is 15.0. The van der Waals surface area contributed by atoms with Crippen LogP contribution in [0.15, 0.2) is 29.2 Å². The molecule has 27 heavy (non-hydrogen) atoms. The van der Waals surface area contributed by atoms with Gasteiger partial charge in [0.1, 0.15) is 12.7 Å². The van der Waals surface area contributed by atoms with Crippen molar-refractivity contribution in [3.63, 3.8) is 0 Å². The Hall–Kier alpha value is -1.22. The molecule has 1 heterocycles. The number of benzene rings is 1. The van der Waals surface area contributed by atoms with Crippen LogP contribution in [0.25, 0.3) is 0 Å². The molecule has 2 rings (SSSR count). The van der Waals surface area contributed by atoms with Gasteiger partial charge >= 0.3 is 5.97 Å². The van der Waals surface area contributed by atoms with Crippen LogP contribution < -0.4 is 0 Å². The summed E-state index contributed by atoms with van der Waals surface area (Å²) in [6.45, 7) is 12.3. The maximum Gasteiger partial charge on any atom is 0.308 e. The minimum Gasteiger partial charge on any atom is -0.460 e. The first-order valence-electron chi connectivity index (χ1n) is 9.13. The third kappa shape index (κ3) is 5.87. The number of carbonyl (C=O) groups is 1. The van der Waals surface area contributed by atoms with Crippen molar-refractivity contribution in [1.29, 1.82) is 0 Å². The number of esters is 1. The lowest BCUT2D eigenvalue weighted by molar-refractivity contribution is -0.161. The van der Waals surface area contributed by atoms with Gasteiger partial charge in [-0.1, -0.05) is 38.5 Å². The molecule has 1 aromatic rings. The van der Waals surface area contributed by atoms with Crippen LogP contribution in [-0.2, 0) is 28.3 Å². The van der Waals surface area contributed by atoms with Crippen molar-refractivity contribution in [1.82, 2.24) is 0 Å². The van der Waals surface area contributed by atoms with Crippen LogP contribution in [-0.4, -0.2) is 41.5 Å². The third-order valence-electron chi connectivity index (χ3n) is 5.20. The van der Waals surface area contributed by atoms with Crippen LogP contribution in [0.3, 0.4) is 0 Å². The maximum absolute atomic E-state index is 12.3. The standard InChI is InChI=1S/C19H30O6SSi/c1-14-7-9-17(10-8-14)26(21,22)23-13-16-11-15(12-18(20)24-16)25-27(5,6)19(2,3)4/h7-10,15-16H,11-13H2,1-6H3/t15-,16+/m1/s1. The van der Waals surface area contributed by atoms with Crippen molar-refractivity contribution in [3.05, 3.63) is 29.8 Å². The molecule has 2 atom stereocenters. The van der Waals surface area contributed by atoms with E-state index in [2.05, 4.69) is 33.9 Å². The molecule has 8 heteroatoms. The summed E-state index contributed by atoms with van der Waals surface area (Å²) < 4.78 is 41.4. The highest BCUT2D eigenvalue weighted by molar-refractivity contribution is 7.86. The van der Waals surface area contributed by atoms with Gasteiger partial charge in [-0.15, -0.1) is 0 Å². The molecule has 1 aliphatic heterocycles. The molecule has 0 N–H and O–H groups in total. The number of carbonyl (C=O) groups excluding carboxylic acids is 1. The minimum atomic E-state index is -3.89. The van der Waals surface area contributed by atoms with E-state index in [1.54, 1.807) is 12.1 Å². The van der Waals surface area contributed by atoms with Crippen LogP contribution in [0.2, 0.25) is 18.1 Å². The first kappa shape index (κ1) is 22.1. The molecule has 0 spiro atoms. The van der Waals surface area contributed by atoms with E-state index in [4.69, 9.17) is 13.3 Å². The summed E-state index contributed by atoms with van der Waals surface area (Å²) in [5.74, 6) is -0.383. The van der Waals surface area contributed by atoms with Gasteiger partial charge in [-0.25, -0.2) is 0 Å². The Morgan fingerprint density at radius 3 is 2.33 bits per heavy atom. The molecule has 1 fully saturated rings. The van der Waals surface area contributed by atoms with E-state index in [1.807, 2.05) is 6.92 Å². The molecule has 0 unspecified atom stereocenters. The van der Waals surface area contributed by atoms with E-state index in [9.17, 15) is 13.2 Å². The van der Waals surface area contributed by atoms with Gasteiger partial charge < -0.3 is 9.16 Å². The highest BCUT2D eigenvalue weighted by Crippen LogP contribution is 2.38.